The van der Waals surface area contributed by atoms with Gasteiger partial charge in [0, 0.05) is 25.0 Å². The highest BCUT2D eigenvalue weighted by atomic mass is 19.3. The van der Waals surface area contributed by atoms with Gasteiger partial charge in [-0.1, -0.05) is 0 Å². The molecule has 0 saturated heterocycles. The van der Waals surface area contributed by atoms with Gasteiger partial charge in [-0.05, 0) is 25.0 Å². The Morgan fingerprint density at radius 3 is 2.53 bits per heavy atom. The van der Waals surface area contributed by atoms with E-state index in [2.05, 4.69) is 4.98 Å². The lowest BCUT2D eigenvalue weighted by Gasteiger charge is -2.27. The van der Waals surface area contributed by atoms with E-state index in [1.807, 2.05) is 0 Å². The van der Waals surface area contributed by atoms with Crippen LogP contribution in [0.25, 0.3) is 0 Å². The molecule has 0 bridgehead atoms. The Bertz CT molecular complexity index is 341. The third-order valence-electron chi connectivity index (χ3n) is 2.89. The first-order valence-corrected chi connectivity index (χ1v) is 5.07. The molecule has 0 unspecified atom stereocenters. The smallest absolute Gasteiger partial charge is 0.248 e. The molecule has 1 aromatic heterocycles. The maximum Gasteiger partial charge on any atom is 0.248 e. The van der Waals surface area contributed by atoms with Gasteiger partial charge < -0.3 is 0 Å². The fourth-order valence-electron chi connectivity index (χ4n) is 2.01. The van der Waals surface area contributed by atoms with Gasteiger partial charge in [-0.2, -0.15) is 0 Å². The molecule has 82 valence electrons. The van der Waals surface area contributed by atoms with Crippen LogP contribution < -0.4 is 0 Å². The standard InChI is InChI=1S/C11H12F3N/c12-9-2-1-7-15-10(9)8-3-5-11(13,14)6-4-8/h1-2,7-8H,3-6H2. The fraction of sp³-hybridized carbons (Fsp3) is 0.545. The summed E-state index contributed by atoms with van der Waals surface area (Å²) in [6.45, 7) is 0. The van der Waals surface area contributed by atoms with Crippen molar-refractivity contribution in [1.82, 2.24) is 4.98 Å². The van der Waals surface area contributed by atoms with Gasteiger partial charge in [0.25, 0.3) is 0 Å². The average molecular weight is 215 g/mol. The minimum atomic E-state index is -2.57. The van der Waals surface area contributed by atoms with Gasteiger partial charge in [0.05, 0.1) is 5.69 Å². The molecule has 0 aliphatic heterocycles. The number of hydrogen-bond donors (Lipinski definition) is 0. The quantitative estimate of drug-likeness (QED) is 0.698. The molecule has 1 aliphatic rings. The SMILES string of the molecule is Fc1cccnc1C1CCC(F)(F)CC1. The Morgan fingerprint density at radius 1 is 1.27 bits per heavy atom. The normalized spacial score (nSPS) is 21.5. The molecule has 4 heteroatoms. The third-order valence-corrected chi connectivity index (χ3v) is 2.89. The molecular weight excluding hydrogens is 203 g/mol. The van der Waals surface area contributed by atoms with Crippen LogP contribution in [0.3, 0.4) is 0 Å². The molecule has 0 radical (unpaired) electrons. The number of halogens is 3. The maximum absolute atomic E-state index is 13.3. The molecular formula is C11H12F3N. The molecule has 15 heavy (non-hydrogen) atoms. The topological polar surface area (TPSA) is 12.9 Å². The number of pyridine rings is 1. The largest absolute Gasteiger partial charge is 0.258 e. The van der Waals surface area contributed by atoms with Crippen LogP contribution in [-0.2, 0) is 0 Å². The van der Waals surface area contributed by atoms with Gasteiger partial charge in [-0.25, -0.2) is 13.2 Å². The summed E-state index contributed by atoms with van der Waals surface area (Å²) in [4.78, 5) is 3.93. The molecule has 1 fully saturated rings. The molecule has 0 atom stereocenters. The van der Waals surface area contributed by atoms with Crippen LogP contribution in [0.1, 0.15) is 37.3 Å². The zero-order valence-corrected chi connectivity index (χ0v) is 8.22. The summed E-state index contributed by atoms with van der Waals surface area (Å²) in [6.07, 6.45) is 1.83. The molecule has 1 nitrogen and oxygen atoms in total. The van der Waals surface area contributed by atoms with Crippen molar-refractivity contribution in [2.24, 2.45) is 0 Å². The zero-order chi connectivity index (χ0) is 10.9. The molecule has 0 aromatic carbocycles. The monoisotopic (exact) mass is 215 g/mol. The lowest BCUT2D eigenvalue weighted by molar-refractivity contribution is -0.0387. The van der Waals surface area contributed by atoms with E-state index in [9.17, 15) is 13.2 Å². The molecule has 1 saturated carbocycles. The second kappa shape index (κ2) is 3.83. The predicted molar refractivity (Wildman–Crippen MR) is 50.4 cm³/mol. The van der Waals surface area contributed by atoms with Crippen molar-refractivity contribution in [3.8, 4) is 0 Å². The van der Waals surface area contributed by atoms with Crippen molar-refractivity contribution in [3.05, 3.63) is 29.8 Å². The Labute approximate surface area is 86.3 Å². The average Bonchev–Trinajstić information content (AvgIpc) is 2.19. The van der Waals surface area contributed by atoms with Crippen LogP contribution in [-0.4, -0.2) is 10.9 Å². The third kappa shape index (κ3) is 2.30. The van der Waals surface area contributed by atoms with E-state index in [1.165, 1.54) is 18.3 Å². The minimum Gasteiger partial charge on any atom is -0.258 e. The first-order valence-electron chi connectivity index (χ1n) is 5.07. The van der Waals surface area contributed by atoms with E-state index in [4.69, 9.17) is 0 Å². The molecule has 1 aliphatic carbocycles. The summed E-state index contributed by atoms with van der Waals surface area (Å²) in [5.74, 6) is -3.10. The summed E-state index contributed by atoms with van der Waals surface area (Å²) in [6, 6.07) is 2.84. The van der Waals surface area contributed by atoms with E-state index in [-0.39, 0.29) is 24.6 Å². The minimum absolute atomic E-state index is 0.147. The Kier molecular flexibility index (Phi) is 2.67. The molecule has 0 spiro atoms. The molecule has 1 aromatic rings. The zero-order valence-electron chi connectivity index (χ0n) is 8.22. The van der Waals surface area contributed by atoms with Gasteiger partial charge in [0.1, 0.15) is 5.82 Å². The van der Waals surface area contributed by atoms with Crippen LogP contribution >= 0.6 is 0 Å². The van der Waals surface area contributed by atoms with Crippen molar-refractivity contribution < 1.29 is 13.2 Å². The molecule has 0 amide bonds. The number of aromatic nitrogens is 1. The second-order valence-electron chi connectivity index (χ2n) is 4.00. The van der Waals surface area contributed by atoms with Gasteiger partial charge >= 0.3 is 0 Å². The van der Waals surface area contributed by atoms with Crippen LogP contribution in [0.15, 0.2) is 18.3 Å². The van der Waals surface area contributed by atoms with Gasteiger partial charge in [0.15, 0.2) is 0 Å². The van der Waals surface area contributed by atoms with Crippen molar-refractivity contribution >= 4 is 0 Å². The fourth-order valence-corrected chi connectivity index (χ4v) is 2.01. The predicted octanol–water partition coefficient (Wildman–Crippen LogP) is 3.51. The van der Waals surface area contributed by atoms with E-state index in [0.717, 1.165) is 0 Å². The van der Waals surface area contributed by atoms with E-state index in [1.54, 1.807) is 0 Å². The highest BCUT2D eigenvalue weighted by molar-refractivity contribution is 5.13. The number of alkyl halides is 2. The first-order chi connectivity index (χ1) is 7.08. The molecule has 2 rings (SSSR count). The van der Waals surface area contributed by atoms with E-state index >= 15 is 0 Å². The second-order valence-corrected chi connectivity index (χ2v) is 4.00. The number of nitrogens with zero attached hydrogens (tertiary/aromatic N) is 1. The van der Waals surface area contributed by atoms with Gasteiger partial charge in [-0.3, -0.25) is 4.98 Å². The first kappa shape index (κ1) is 10.5. The highest BCUT2D eigenvalue weighted by Crippen LogP contribution is 2.40. The van der Waals surface area contributed by atoms with Crippen molar-refractivity contribution in [2.75, 3.05) is 0 Å². The van der Waals surface area contributed by atoms with Gasteiger partial charge in [0.2, 0.25) is 5.92 Å². The van der Waals surface area contributed by atoms with Crippen molar-refractivity contribution in [2.45, 2.75) is 37.5 Å². The van der Waals surface area contributed by atoms with Gasteiger partial charge in [-0.15, -0.1) is 0 Å². The summed E-state index contributed by atoms with van der Waals surface area (Å²) in [5.41, 5.74) is 0.341. The lowest BCUT2D eigenvalue weighted by atomic mass is 9.84. The highest BCUT2D eigenvalue weighted by Gasteiger charge is 2.36. The molecule has 0 N–H and O–H groups in total. The van der Waals surface area contributed by atoms with E-state index < -0.39 is 5.92 Å². The summed E-state index contributed by atoms with van der Waals surface area (Å²) >= 11 is 0. The lowest BCUT2D eigenvalue weighted by Crippen LogP contribution is -2.24. The Morgan fingerprint density at radius 2 is 1.93 bits per heavy atom. The number of rotatable bonds is 1. The molecule has 1 heterocycles. The summed E-state index contributed by atoms with van der Waals surface area (Å²) in [7, 11) is 0. The number of hydrogen-bond acceptors (Lipinski definition) is 1. The van der Waals surface area contributed by atoms with Crippen molar-refractivity contribution in [1.29, 1.82) is 0 Å². The van der Waals surface area contributed by atoms with Crippen LogP contribution in [0.5, 0.6) is 0 Å². The summed E-state index contributed by atoms with van der Waals surface area (Å²) < 4.78 is 39.1. The Balaban J connectivity index is 2.11. The van der Waals surface area contributed by atoms with Crippen LogP contribution in [0.4, 0.5) is 13.2 Å². The maximum atomic E-state index is 13.3. The van der Waals surface area contributed by atoms with Crippen LogP contribution in [0.2, 0.25) is 0 Å². The van der Waals surface area contributed by atoms with Crippen molar-refractivity contribution in [3.63, 3.8) is 0 Å². The Hall–Kier alpha value is -1.06. The van der Waals surface area contributed by atoms with Crippen LogP contribution in [0, 0.1) is 5.82 Å². The summed E-state index contributed by atoms with van der Waals surface area (Å²) in [5, 5.41) is 0. The van der Waals surface area contributed by atoms with E-state index in [0.29, 0.717) is 18.5 Å².